The molecule has 0 fully saturated rings. The summed E-state index contributed by atoms with van der Waals surface area (Å²) >= 11 is 0. The zero-order chi connectivity index (χ0) is 19.0. The van der Waals surface area contributed by atoms with Gasteiger partial charge in [-0.2, -0.15) is 0 Å². The van der Waals surface area contributed by atoms with Crippen molar-refractivity contribution in [2.75, 3.05) is 0 Å². The molecule has 1 N–H and O–H groups in total. The minimum Gasteiger partial charge on any atom is -0.384 e. The number of rotatable bonds is 7. The van der Waals surface area contributed by atoms with Crippen LogP contribution in [-0.2, 0) is 0 Å². The summed E-state index contributed by atoms with van der Waals surface area (Å²) in [4.78, 5) is 0. The third kappa shape index (κ3) is 8.88. The second-order valence-electron chi connectivity index (χ2n) is 8.37. The molecule has 0 spiro atoms. The van der Waals surface area contributed by atoms with Crippen LogP contribution in [0.25, 0.3) is 0 Å². The molecule has 24 heavy (non-hydrogen) atoms. The monoisotopic (exact) mass is 328 g/mol. The summed E-state index contributed by atoms with van der Waals surface area (Å²) in [5, 5.41) is 10.6. The molecule has 1 atom stereocenters. The summed E-state index contributed by atoms with van der Waals surface area (Å²) in [6, 6.07) is 0. The Kier molecular flexibility index (Phi) is 8.99. The topological polar surface area (TPSA) is 20.2 Å². The van der Waals surface area contributed by atoms with Crippen LogP contribution in [-0.4, -0.2) is 11.2 Å². The molecule has 1 heteroatoms. The molecule has 0 amide bonds. The lowest BCUT2D eigenvalue weighted by Crippen LogP contribution is -2.12. The van der Waals surface area contributed by atoms with E-state index in [1.165, 1.54) is 5.57 Å². The molecule has 0 aromatic carbocycles. The molecular formula is C23H36O. The Labute approximate surface area is 149 Å². The van der Waals surface area contributed by atoms with Gasteiger partial charge in [-0.25, -0.2) is 0 Å². The average Bonchev–Trinajstić information content (AvgIpc) is 2.43. The lowest BCUT2D eigenvalue weighted by molar-refractivity contribution is 0.254. The lowest BCUT2D eigenvalue weighted by Gasteiger charge is -2.20. The van der Waals surface area contributed by atoms with E-state index >= 15 is 0 Å². The Morgan fingerprint density at radius 1 is 1.04 bits per heavy atom. The van der Waals surface area contributed by atoms with Crippen LogP contribution in [0.5, 0.6) is 0 Å². The molecule has 0 aliphatic rings. The van der Waals surface area contributed by atoms with Crippen molar-refractivity contribution in [3.05, 3.63) is 72.4 Å². The fourth-order valence-electron chi connectivity index (χ4n) is 2.20. The normalized spacial score (nSPS) is 16.0. The molecule has 0 saturated carbocycles. The molecule has 1 unspecified atom stereocenters. The SMILES string of the molecule is C=C/C=C(\C=C/CC(C)(C)C)C(O)C(=C)/C=C\C(=C/C)C(C)(C)C. The molecule has 1 nitrogen and oxygen atoms in total. The first-order valence-corrected chi connectivity index (χ1v) is 8.63. The van der Waals surface area contributed by atoms with Gasteiger partial charge in [-0.3, -0.25) is 0 Å². The predicted molar refractivity (Wildman–Crippen MR) is 109 cm³/mol. The van der Waals surface area contributed by atoms with Gasteiger partial charge < -0.3 is 5.11 Å². The molecule has 0 aromatic rings. The molecule has 0 bridgehead atoms. The Bertz CT molecular complexity index is 540. The van der Waals surface area contributed by atoms with Crippen LogP contribution in [0.15, 0.2) is 72.4 Å². The highest BCUT2D eigenvalue weighted by atomic mass is 16.3. The predicted octanol–water partition coefficient (Wildman–Crippen LogP) is 6.56. The first kappa shape index (κ1) is 22.4. The zero-order valence-electron chi connectivity index (χ0n) is 16.7. The summed E-state index contributed by atoms with van der Waals surface area (Å²) in [7, 11) is 0. The van der Waals surface area contributed by atoms with Crippen molar-refractivity contribution in [3.8, 4) is 0 Å². The largest absolute Gasteiger partial charge is 0.384 e. The number of aliphatic hydroxyl groups excluding tert-OH is 1. The zero-order valence-corrected chi connectivity index (χ0v) is 16.7. The van der Waals surface area contributed by atoms with Crippen LogP contribution in [0, 0.1) is 10.8 Å². The Morgan fingerprint density at radius 2 is 1.62 bits per heavy atom. The maximum absolute atomic E-state index is 10.6. The fraction of sp³-hybridized carbons (Fsp3) is 0.478. The lowest BCUT2D eigenvalue weighted by atomic mass is 9.85. The van der Waals surface area contributed by atoms with Gasteiger partial charge in [0.05, 0.1) is 0 Å². The molecule has 0 rings (SSSR count). The van der Waals surface area contributed by atoms with Gasteiger partial charge >= 0.3 is 0 Å². The highest BCUT2D eigenvalue weighted by Gasteiger charge is 2.15. The van der Waals surface area contributed by atoms with Crippen molar-refractivity contribution in [2.24, 2.45) is 10.8 Å². The number of allylic oxidation sites excluding steroid dienone is 6. The smallest absolute Gasteiger partial charge is 0.103 e. The van der Waals surface area contributed by atoms with Gasteiger partial charge in [0.25, 0.3) is 0 Å². The number of aliphatic hydroxyl groups is 1. The summed E-state index contributed by atoms with van der Waals surface area (Å²) in [5.74, 6) is 0. The van der Waals surface area contributed by atoms with Crippen molar-refractivity contribution in [3.63, 3.8) is 0 Å². The van der Waals surface area contributed by atoms with Crippen molar-refractivity contribution in [1.29, 1.82) is 0 Å². The van der Waals surface area contributed by atoms with Crippen LogP contribution in [0.4, 0.5) is 0 Å². The Morgan fingerprint density at radius 3 is 2.04 bits per heavy atom. The second kappa shape index (κ2) is 9.64. The van der Waals surface area contributed by atoms with E-state index in [0.717, 1.165) is 12.0 Å². The van der Waals surface area contributed by atoms with Crippen LogP contribution in [0.1, 0.15) is 54.9 Å². The third-order valence-electron chi connectivity index (χ3n) is 3.67. The fourth-order valence-corrected chi connectivity index (χ4v) is 2.20. The Hall–Kier alpha value is -1.60. The van der Waals surface area contributed by atoms with Gasteiger partial charge in [0.1, 0.15) is 6.10 Å². The molecule has 0 radical (unpaired) electrons. The van der Waals surface area contributed by atoms with E-state index in [9.17, 15) is 5.11 Å². The maximum atomic E-state index is 10.6. The maximum Gasteiger partial charge on any atom is 0.103 e. The van der Waals surface area contributed by atoms with E-state index in [4.69, 9.17) is 0 Å². The quantitative estimate of drug-likeness (QED) is 0.525. The van der Waals surface area contributed by atoms with Crippen molar-refractivity contribution >= 4 is 0 Å². The van der Waals surface area contributed by atoms with Gasteiger partial charge in [-0.1, -0.05) is 97.2 Å². The van der Waals surface area contributed by atoms with Crippen LogP contribution < -0.4 is 0 Å². The molecule has 0 aromatic heterocycles. The van der Waals surface area contributed by atoms with E-state index in [-0.39, 0.29) is 10.8 Å². The third-order valence-corrected chi connectivity index (χ3v) is 3.67. The van der Waals surface area contributed by atoms with Gasteiger partial charge in [0, 0.05) is 0 Å². The van der Waals surface area contributed by atoms with Gasteiger partial charge in [0.2, 0.25) is 0 Å². The molecule has 0 saturated heterocycles. The summed E-state index contributed by atoms with van der Waals surface area (Å²) in [5.41, 5.74) is 3.00. The van der Waals surface area contributed by atoms with Gasteiger partial charge in [-0.15, -0.1) is 0 Å². The highest BCUT2D eigenvalue weighted by molar-refractivity contribution is 5.39. The van der Waals surface area contributed by atoms with E-state index in [1.807, 2.05) is 31.2 Å². The Balaban J connectivity index is 5.19. The van der Waals surface area contributed by atoms with E-state index in [1.54, 1.807) is 6.08 Å². The molecule has 0 heterocycles. The standard InChI is InChI=1S/C23H36O/c1-10-13-19(14-12-17-22(4,5)6)21(24)18(3)15-16-20(11-2)23(7,8)9/h10-16,21,24H,1,3,17H2,2,4-9H3/b14-12-,16-15-,19-13+,20-11+. The highest BCUT2D eigenvalue weighted by Crippen LogP contribution is 2.27. The molecule has 134 valence electrons. The molecule has 0 aliphatic carbocycles. The summed E-state index contributed by atoms with van der Waals surface area (Å²) in [6.07, 6.45) is 13.9. The van der Waals surface area contributed by atoms with Crippen LogP contribution >= 0.6 is 0 Å². The van der Waals surface area contributed by atoms with Crippen molar-refractivity contribution in [1.82, 2.24) is 0 Å². The first-order chi connectivity index (χ1) is 10.9. The van der Waals surface area contributed by atoms with Crippen molar-refractivity contribution < 1.29 is 5.11 Å². The summed E-state index contributed by atoms with van der Waals surface area (Å²) in [6.45, 7) is 22.9. The van der Waals surface area contributed by atoms with E-state index in [2.05, 4.69) is 66.9 Å². The van der Waals surface area contributed by atoms with Crippen LogP contribution in [0.3, 0.4) is 0 Å². The van der Waals surface area contributed by atoms with E-state index < -0.39 is 6.10 Å². The van der Waals surface area contributed by atoms with Crippen LogP contribution in [0.2, 0.25) is 0 Å². The minimum atomic E-state index is -0.728. The molecule has 0 aliphatic heterocycles. The minimum absolute atomic E-state index is 0.0723. The number of hydrogen-bond donors (Lipinski definition) is 1. The average molecular weight is 329 g/mol. The second-order valence-corrected chi connectivity index (χ2v) is 8.37. The molecular weight excluding hydrogens is 292 g/mol. The van der Waals surface area contributed by atoms with Crippen molar-refractivity contribution in [2.45, 2.75) is 61.0 Å². The summed E-state index contributed by atoms with van der Waals surface area (Å²) < 4.78 is 0. The van der Waals surface area contributed by atoms with Gasteiger partial charge in [-0.05, 0) is 40.9 Å². The first-order valence-electron chi connectivity index (χ1n) is 8.63. The van der Waals surface area contributed by atoms with Gasteiger partial charge in [0.15, 0.2) is 0 Å². The number of hydrogen-bond acceptors (Lipinski definition) is 1. The van der Waals surface area contributed by atoms with E-state index in [0.29, 0.717) is 5.57 Å².